The molecule has 3 atom stereocenters. The lowest BCUT2D eigenvalue weighted by atomic mass is 9.95. The molecule has 0 spiro atoms. The molecule has 11 heavy (non-hydrogen) atoms. The van der Waals surface area contributed by atoms with Crippen LogP contribution in [-0.2, 0) is 14.3 Å². The van der Waals surface area contributed by atoms with Crippen molar-refractivity contribution in [3.05, 3.63) is 12.2 Å². The van der Waals surface area contributed by atoms with E-state index in [1.165, 1.54) is 7.11 Å². The van der Waals surface area contributed by atoms with Gasteiger partial charge in [-0.15, -0.1) is 0 Å². The van der Waals surface area contributed by atoms with Crippen LogP contribution in [0.4, 0.5) is 0 Å². The Morgan fingerprint density at radius 2 is 2.45 bits per heavy atom. The molecular formula is C8H10O3. The number of carbonyl (C=O) groups excluding carboxylic acids is 1. The smallest absolute Gasteiger partial charge is 0.311 e. The molecule has 0 amide bonds. The third kappa shape index (κ3) is 0.959. The van der Waals surface area contributed by atoms with E-state index in [0.717, 1.165) is 6.42 Å². The van der Waals surface area contributed by atoms with E-state index in [1.54, 1.807) is 0 Å². The van der Waals surface area contributed by atoms with Crippen LogP contribution in [0.25, 0.3) is 0 Å². The molecule has 0 aromatic heterocycles. The fourth-order valence-corrected chi connectivity index (χ4v) is 1.66. The minimum absolute atomic E-state index is 0.0209. The van der Waals surface area contributed by atoms with Crippen molar-refractivity contribution in [1.29, 1.82) is 0 Å². The number of hydrogen-bond donors (Lipinski definition) is 0. The van der Waals surface area contributed by atoms with Gasteiger partial charge in [0.05, 0.1) is 25.2 Å². The van der Waals surface area contributed by atoms with E-state index in [1.807, 2.05) is 12.2 Å². The maximum atomic E-state index is 11.1. The molecule has 2 aliphatic heterocycles. The number of rotatable bonds is 1. The number of hydrogen-bond acceptors (Lipinski definition) is 3. The summed E-state index contributed by atoms with van der Waals surface area (Å²) in [6, 6.07) is 0. The SMILES string of the molecule is COC(=O)[C@H]1C[C@@H]2C=C[C@H]1O2. The Labute approximate surface area is 65.0 Å². The second-order valence-corrected chi connectivity index (χ2v) is 2.89. The van der Waals surface area contributed by atoms with Gasteiger partial charge >= 0.3 is 5.97 Å². The van der Waals surface area contributed by atoms with Crippen LogP contribution in [0.3, 0.4) is 0 Å². The molecule has 0 N–H and O–H groups in total. The maximum Gasteiger partial charge on any atom is 0.311 e. The van der Waals surface area contributed by atoms with Crippen molar-refractivity contribution in [3.8, 4) is 0 Å². The lowest BCUT2D eigenvalue weighted by Crippen LogP contribution is -2.24. The monoisotopic (exact) mass is 154 g/mol. The summed E-state index contributed by atoms with van der Waals surface area (Å²) in [4.78, 5) is 11.1. The van der Waals surface area contributed by atoms with Crippen LogP contribution in [0.15, 0.2) is 12.2 Å². The van der Waals surface area contributed by atoms with Crippen LogP contribution < -0.4 is 0 Å². The van der Waals surface area contributed by atoms with E-state index < -0.39 is 0 Å². The first kappa shape index (κ1) is 6.85. The molecule has 60 valence electrons. The summed E-state index contributed by atoms with van der Waals surface area (Å²) >= 11 is 0. The third-order valence-corrected chi connectivity index (χ3v) is 2.23. The van der Waals surface area contributed by atoms with Gasteiger partial charge in [0.15, 0.2) is 0 Å². The quantitative estimate of drug-likeness (QED) is 0.407. The Bertz CT molecular complexity index is 209. The third-order valence-electron chi connectivity index (χ3n) is 2.23. The van der Waals surface area contributed by atoms with Crippen LogP contribution in [-0.4, -0.2) is 25.3 Å². The van der Waals surface area contributed by atoms with Crippen LogP contribution in [0.1, 0.15) is 6.42 Å². The van der Waals surface area contributed by atoms with E-state index in [9.17, 15) is 4.79 Å². The van der Waals surface area contributed by atoms with Crippen LogP contribution in [0, 0.1) is 5.92 Å². The normalized spacial score (nSPS) is 39.5. The summed E-state index contributed by atoms with van der Waals surface area (Å²) in [5.74, 6) is -0.211. The van der Waals surface area contributed by atoms with E-state index in [-0.39, 0.29) is 24.1 Å². The summed E-state index contributed by atoms with van der Waals surface area (Å²) in [7, 11) is 1.41. The first-order valence-corrected chi connectivity index (χ1v) is 3.73. The number of fused-ring (bicyclic) bond motifs is 2. The molecule has 3 nitrogen and oxygen atoms in total. The molecule has 1 fully saturated rings. The first-order chi connectivity index (χ1) is 5.31. The van der Waals surface area contributed by atoms with Crippen LogP contribution >= 0.6 is 0 Å². The first-order valence-electron chi connectivity index (χ1n) is 3.73. The van der Waals surface area contributed by atoms with Crippen LogP contribution in [0.5, 0.6) is 0 Å². The zero-order valence-corrected chi connectivity index (χ0v) is 6.32. The average Bonchev–Trinajstić information content (AvgIpc) is 2.62. The van der Waals surface area contributed by atoms with Crippen molar-refractivity contribution < 1.29 is 14.3 Å². The highest BCUT2D eigenvalue weighted by Gasteiger charge is 2.41. The largest absolute Gasteiger partial charge is 0.469 e. The molecule has 0 aromatic rings. The van der Waals surface area contributed by atoms with Gasteiger partial charge in [0.2, 0.25) is 0 Å². The van der Waals surface area contributed by atoms with Gasteiger partial charge in [-0.3, -0.25) is 4.79 Å². The summed E-state index contributed by atoms with van der Waals surface area (Å²) < 4.78 is 10.0. The molecule has 3 heteroatoms. The topological polar surface area (TPSA) is 35.5 Å². The molecular weight excluding hydrogens is 144 g/mol. The van der Waals surface area contributed by atoms with Gasteiger partial charge in [-0.2, -0.15) is 0 Å². The van der Waals surface area contributed by atoms with E-state index in [0.29, 0.717) is 0 Å². The van der Waals surface area contributed by atoms with E-state index >= 15 is 0 Å². The van der Waals surface area contributed by atoms with Gasteiger partial charge < -0.3 is 9.47 Å². The Balaban J connectivity index is 2.08. The second kappa shape index (κ2) is 2.34. The van der Waals surface area contributed by atoms with Gasteiger partial charge in [0.1, 0.15) is 0 Å². The Morgan fingerprint density at radius 1 is 1.64 bits per heavy atom. The number of ether oxygens (including phenoxy) is 2. The highest BCUT2D eigenvalue weighted by atomic mass is 16.5. The molecule has 2 rings (SSSR count). The van der Waals surface area contributed by atoms with Crippen molar-refractivity contribution in [2.75, 3.05) is 7.11 Å². The second-order valence-electron chi connectivity index (χ2n) is 2.89. The molecule has 2 bridgehead atoms. The minimum atomic E-state index is -0.151. The highest BCUT2D eigenvalue weighted by molar-refractivity contribution is 5.74. The fraction of sp³-hybridized carbons (Fsp3) is 0.625. The molecule has 0 aliphatic carbocycles. The van der Waals surface area contributed by atoms with Crippen molar-refractivity contribution in [2.24, 2.45) is 5.92 Å². The number of esters is 1. The van der Waals surface area contributed by atoms with Gasteiger partial charge in [0, 0.05) is 0 Å². The van der Waals surface area contributed by atoms with Gasteiger partial charge in [-0.1, -0.05) is 12.2 Å². The van der Waals surface area contributed by atoms with Crippen molar-refractivity contribution >= 4 is 5.97 Å². The molecule has 0 saturated carbocycles. The molecule has 0 aromatic carbocycles. The van der Waals surface area contributed by atoms with Crippen molar-refractivity contribution in [1.82, 2.24) is 0 Å². The number of methoxy groups -OCH3 is 1. The highest BCUT2D eigenvalue weighted by Crippen LogP contribution is 2.34. The standard InChI is InChI=1S/C8H10O3/c1-10-8(9)6-4-5-2-3-7(6)11-5/h2-3,5-7H,4H2,1H3/t5-,6-,7+/m0/s1. The lowest BCUT2D eigenvalue weighted by Gasteiger charge is -2.11. The van der Waals surface area contributed by atoms with Gasteiger partial charge in [-0.25, -0.2) is 0 Å². The Morgan fingerprint density at radius 3 is 2.91 bits per heavy atom. The van der Waals surface area contributed by atoms with E-state index in [4.69, 9.17) is 4.74 Å². The molecule has 0 radical (unpaired) electrons. The lowest BCUT2D eigenvalue weighted by molar-refractivity contribution is -0.146. The summed E-state index contributed by atoms with van der Waals surface area (Å²) in [6.45, 7) is 0. The zero-order valence-electron chi connectivity index (χ0n) is 6.32. The van der Waals surface area contributed by atoms with Crippen molar-refractivity contribution in [3.63, 3.8) is 0 Å². The Hall–Kier alpha value is -0.830. The van der Waals surface area contributed by atoms with Crippen molar-refractivity contribution in [2.45, 2.75) is 18.6 Å². The average molecular weight is 154 g/mol. The molecule has 2 aliphatic rings. The summed E-state index contributed by atoms with van der Waals surface area (Å²) in [5.41, 5.74) is 0. The van der Waals surface area contributed by atoms with E-state index in [2.05, 4.69) is 4.74 Å². The predicted molar refractivity (Wildman–Crippen MR) is 37.9 cm³/mol. The van der Waals surface area contributed by atoms with Crippen LogP contribution in [0.2, 0.25) is 0 Å². The van der Waals surface area contributed by atoms with Gasteiger partial charge in [-0.05, 0) is 6.42 Å². The van der Waals surface area contributed by atoms with Gasteiger partial charge in [0.25, 0.3) is 0 Å². The summed E-state index contributed by atoms with van der Waals surface area (Å²) in [5, 5.41) is 0. The Kier molecular flexibility index (Phi) is 1.46. The molecule has 2 heterocycles. The molecule has 1 saturated heterocycles. The summed E-state index contributed by atoms with van der Waals surface area (Å²) in [6.07, 6.45) is 4.87. The maximum absolute atomic E-state index is 11.1. The minimum Gasteiger partial charge on any atom is -0.469 e. The predicted octanol–water partition coefficient (Wildman–Crippen LogP) is 0.503. The zero-order chi connectivity index (χ0) is 7.84. The fourth-order valence-electron chi connectivity index (χ4n) is 1.66. The number of carbonyl (C=O) groups is 1. The molecule has 0 unspecified atom stereocenters.